The van der Waals surface area contributed by atoms with Crippen molar-refractivity contribution in [2.24, 2.45) is 0 Å². The van der Waals surface area contributed by atoms with Crippen LogP contribution in [0.4, 0.5) is 5.69 Å². The number of halogens is 2. The molecule has 0 aliphatic rings. The highest BCUT2D eigenvalue weighted by molar-refractivity contribution is 9.10. The van der Waals surface area contributed by atoms with Gasteiger partial charge in [-0.3, -0.25) is 4.79 Å². The molecule has 0 spiro atoms. The van der Waals surface area contributed by atoms with E-state index in [1.165, 1.54) is 0 Å². The molecule has 0 saturated heterocycles. The van der Waals surface area contributed by atoms with Crippen LogP contribution in [0.2, 0.25) is 5.15 Å². The highest BCUT2D eigenvalue weighted by Gasteiger charge is 2.14. The molecule has 1 amide bonds. The van der Waals surface area contributed by atoms with Gasteiger partial charge in [-0.1, -0.05) is 11.6 Å². The number of rotatable bonds is 6. The first-order valence-electron chi connectivity index (χ1n) is 7.08. The molecule has 23 heavy (non-hydrogen) atoms. The van der Waals surface area contributed by atoms with E-state index in [4.69, 9.17) is 16.3 Å². The second-order valence-electron chi connectivity index (χ2n) is 5.01. The molecular weight excluding hydrogens is 382 g/mol. The number of nitrogens with one attached hydrogen (secondary N) is 1. The third-order valence-electron chi connectivity index (χ3n) is 3.39. The van der Waals surface area contributed by atoms with Crippen molar-refractivity contribution < 1.29 is 14.8 Å². The van der Waals surface area contributed by atoms with E-state index in [1.807, 2.05) is 30.4 Å². The summed E-state index contributed by atoms with van der Waals surface area (Å²) < 4.78 is 6.11. The summed E-state index contributed by atoms with van der Waals surface area (Å²) in [5.41, 5.74) is 1.62. The van der Waals surface area contributed by atoms with Gasteiger partial charge in [0, 0.05) is 11.8 Å². The van der Waals surface area contributed by atoms with Gasteiger partial charge in [0.15, 0.2) is 11.7 Å². The van der Waals surface area contributed by atoms with Gasteiger partial charge in [0.25, 0.3) is 5.91 Å². The van der Waals surface area contributed by atoms with E-state index in [2.05, 4.69) is 26.2 Å². The van der Waals surface area contributed by atoms with Gasteiger partial charge < -0.3 is 15.4 Å². The van der Waals surface area contributed by atoms with Gasteiger partial charge in [-0.05, 0) is 53.2 Å². The third kappa shape index (κ3) is 4.92. The van der Waals surface area contributed by atoms with Gasteiger partial charge in [0.2, 0.25) is 0 Å². The average molecular weight is 400 g/mol. The van der Waals surface area contributed by atoms with Crippen molar-refractivity contribution in [2.75, 3.05) is 19.0 Å². The monoisotopic (exact) mass is 398 g/mol. The lowest BCUT2D eigenvalue weighted by molar-refractivity contribution is -0.682. The Hall–Kier alpha value is -1.63. The summed E-state index contributed by atoms with van der Waals surface area (Å²) in [5.74, 6) is 0.657. The molecule has 0 saturated carbocycles. The number of nitrogens with zero attached hydrogens (tertiary/aromatic N) is 1. The van der Waals surface area contributed by atoms with Crippen LogP contribution in [0.3, 0.4) is 0 Å². The molecule has 0 bridgehead atoms. The number of pyridine rings is 1. The number of quaternary nitrogens is 1. The predicted molar refractivity (Wildman–Crippen MR) is 93.8 cm³/mol. The molecule has 1 aromatic heterocycles. The first-order chi connectivity index (χ1) is 11.0. The zero-order valence-electron chi connectivity index (χ0n) is 12.8. The van der Waals surface area contributed by atoms with Crippen molar-refractivity contribution in [1.82, 2.24) is 4.98 Å². The van der Waals surface area contributed by atoms with Crippen molar-refractivity contribution in [3.63, 3.8) is 0 Å². The van der Waals surface area contributed by atoms with E-state index in [0.29, 0.717) is 5.69 Å². The summed E-state index contributed by atoms with van der Waals surface area (Å²) in [6, 6.07) is 9.46. The summed E-state index contributed by atoms with van der Waals surface area (Å²) in [7, 11) is 1.63. The molecule has 1 heterocycles. The van der Waals surface area contributed by atoms with Gasteiger partial charge in [-0.25, -0.2) is 4.98 Å². The molecule has 3 N–H and O–H groups in total. The van der Waals surface area contributed by atoms with E-state index < -0.39 is 0 Å². The molecule has 0 unspecified atom stereocenters. The predicted octanol–water partition coefficient (Wildman–Crippen LogP) is 2.77. The lowest BCUT2D eigenvalue weighted by atomic mass is 10.1. The Morgan fingerprint density at radius 2 is 2.26 bits per heavy atom. The van der Waals surface area contributed by atoms with Crippen LogP contribution in [0.15, 0.2) is 41.0 Å². The smallest absolute Gasteiger partial charge is 0.279 e. The van der Waals surface area contributed by atoms with Crippen molar-refractivity contribution in [3.8, 4) is 5.75 Å². The van der Waals surface area contributed by atoms with Crippen LogP contribution in [-0.4, -0.2) is 24.5 Å². The maximum absolute atomic E-state index is 12.0. The number of anilines is 1. The lowest BCUT2D eigenvalue weighted by Crippen LogP contribution is -2.86. The highest BCUT2D eigenvalue weighted by Crippen LogP contribution is 2.27. The van der Waals surface area contributed by atoms with E-state index in [9.17, 15) is 4.79 Å². The minimum atomic E-state index is -0.126. The number of hydrogen-bond donors (Lipinski definition) is 2. The van der Waals surface area contributed by atoms with E-state index >= 15 is 0 Å². The van der Waals surface area contributed by atoms with Crippen LogP contribution in [0.25, 0.3) is 0 Å². The maximum atomic E-state index is 12.0. The molecule has 122 valence electrons. The van der Waals surface area contributed by atoms with E-state index in [-0.39, 0.29) is 23.6 Å². The number of carbonyl (C=O) groups is 1. The molecule has 0 radical (unpaired) electrons. The number of aromatic nitrogens is 1. The largest absolute Gasteiger partial charge is 0.496 e. The highest BCUT2D eigenvalue weighted by atomic mass is 79.9. The van der Waals surface area contributed by atoms with Gasteiger partial charge in [0.05, 0.1) is 17.3 Å². The average Bonchev–Trinajstić information content (AvgIpc) is 2.54. The number of hydrogen-bond acceptors (Lipinski definition) is 3. The molecule has 0 aliphatic heterocycles. The standard InChI is InChI=1S/C16H17BrClN3O2/c1-10(11-5-6-14(23-2)12(17)8-11)20-9-15(22)21-13-4-3-7-19-16(13)18/h3-8,10,20H,9H2,1-2H3,(H,21,22)/p+1/t10-/m1/s1. The normalized spacial score (nSPS) is 11.8. The van der Waals surface area contributed by atoms with Gasteiger partial charge in [0.1, 0.15) is 11.8 Å². The third-order valence-corrected chi connectivity index (χ3v) is 4.31. The van der Waals surface area contributed by atoms with Crippen LogP contribution >= 0.6 is 27.5 Å². The first-order valence-corrected chi connectivity index (χ1v) is 8.25. The van der Waals surface area contributed by atoms with Crippen LogP contribution in [-0.2, 0) is 4.79 Å². The zero-order valence-corrected chi connectivity index (χ0v) is 15.2. The molecule has 7 heteroatoms. The zero-order chi connectivity index (χ0) is 16.8. The fourth-order valence-corrected chi connectivity index (χ4v) is 2.79. The van der Waals surface area contributed by atoms with Gasteiger partial charge in [-0.15, -0.1) is 0 Å². The molecule has 1 atom stereocenters. The topological polar surface area (TPSA) is 67.8 Å². The van der Waals surface area contributed by atoms with Crippen LogP contribution in [0.1, 0.15) is 18.5 Å². The molecule has 5 nitrogen and oxygen atoms in total. The molecule has 0 fully saturated rings. The second-order valence-corrected chi connectivity index (χ2v) is 6.22. The Kier molecular flexibility index (Phi) is 6.38. The maximum Gasteiger partial charge on any atom is 0.279 e. The number of methoxy groups -OCH3 is 1. The summed E-state index contributed by atoms with van der Waals surface area (Å²) in [6.45, 7) is 2.33. The van der Waals surface area contributed by atoms with E-state index in [0.717, 1.165) is 15.8 Å². The summed E-state index contributed by atoms with van der Waals surface area (Å²) in [5, 5.41) is 4.99. The molecule has 2 aromatic rings. The van der Waals surface area contributed by atoms with Crippen LogP contribution in [0, 0.1) is 0 Å². The Morgan fingerprint density at radius 1 is 1.48 bits per heavy atom. The first kappa shape index (κ1) is 17.7. The SMILES string of the molecule is COc1ccc([C@@H](C)[NH2+]CC(=O)Nc2cccnc2Cl)cc1Br. The Labute approximate surface area is 148 Å². The Balaban J connectivity index is 1.91. The van der Waals surface area contributed by atoms with Gasteiger partial charge in [-0.2, -0.15) is 0 Å². The lowest BCUT2D eigenvalue weighted by Gasteiger charge is -2.13. The summed E-state index contributed by atoms with van der Waals surface area (Å²) in [4.78, 5) is 15.9. The minimum absolute atomic E-state index is 0.126. The number of amides is 1. The molecular formula is C16H18BrClN3O2+. The fourth-order valence-electron chi connectivity index (χ4n) is 2.07. The number of benzene rings is 1. The van der Waals surface area contributed by atoms with Crippen molar-refractivity contribution in [1.29, 1.82) is 0 Å². The van der Waals surface area contributed by atoms with Gasteiger partial charge >= 0.3 is 0 Å². The quantitative estimate of drug-likeness (QED) is 0.734. The van der Waals surface area contributed by atoms with Crippen LogP contribution in [0.5, 0.6) is 5.75 Å². The van der Waals surface area contributed by atoms with Crippen LogP contribution < -0.4 is 15.4 Å². The summed E-state index contributed by atoms with van der Waals surface area (Å²) in [6.07, 6.45) is 1.58. The fraction of sp³-hybridized carbons (Fsp3) is 0.250. The number of ether oxygens (including phenoxy) is 1. The Bertz CT molecular complexity index is 697. The van der Waals surface area contributed by atoms with Crippen molar-refractivity contribution in [2.45, 2.75) is 13.0 Å². The number of carbonyl (C=O) groups excluding carboxylic acids is 1. The second kappa shape index (κ2) is 8.29. The molecule has 0 aliphatic carbocycles. The van der Waals surface area contributed by atoms with Crippen molar-refractivity contribution >= 4 is 39.1 Å². The van der Waals surface area contributed by atoms with Crippen molar-refractivity contribution in [3.05, 3.63) is 51.7 Å². The Morgan fingerprint density at radius 3 is 2.91 bits per heavy atom. The summed E-state index contributed by atoms with van der Waals surface area (Å²) >= 11 is 9.39. The minimum Gasteiger partial charge on any atom is -0.496 e. The van der Waals surface area contributed by atoms with E-state index in [1.54, 1.807) is 25.4 Å². The molecule has 2 rings (SSSR count). The number of nitrogens with two attached hydrogens (primary N) is 1. The molecule has 1 aromatic carbocycles.